The summed E-state index contributed by atoms with van der Waals surface area (Å²) in [5.41, 5.74) is 7.47. The molecule has 1 aliphatic carbocycles. The molecule has 1 saturated carbocycles. The third-order valence-corrected chi connectivity index (χ3v) is 3.76. The lowest BCUT2D eigenvalue weighted by atomic mass is 9.85. The molecule has 1 heterocycles. The molecule has 0 aliphatic heterocycles. The molecule has 2 N–H and O–H groups in total. The largest absolute Gasteiger partial charge is 0.491 e. The van der Waals surface area contributed by atoms with Gasteiger partial charge in [-0.05, 0) is 48.2 Å². The summed E-state index contributed by atoms with van der Waals surface area (Å²) in [7, 11) is 0. The molecule has 0 bridgehead atoms. The summed E-state index contributed by atoms with van der Waals surface area (Å²) in [5, 5.41) is 12.1. The molecule has 1 aliphatic rings. The molecule has 0 amide bonds. The Kier molecular flexibility index (Phi) is 3.54. The van der Waals surface area contributed by atoms with Gasteiger partial charge in [-0.3, -0.25) is 0 Å². The van der Waals surface area contributed by atoms with Gasteiger partial charge >= 0.3 is 0 Å². The number of anilines is 1. The average Bonchev–Trinajstić information content (AvgIpc) is 2.84. The maximum atomic E-state index is 6.00. The highest BCUT2D eigenvalue weighted by atomic mass is 16.5. The minimum atomic E-state index is 0.561. The molecule has 1 aromatic carbocycles. The van der Waals surface area contributed by atoms with E-state index in [1.165, 1.54) is 19.3 Å². The quantitative estimate of drug-likeness (QED) is 0.844. The number of nitrogen functional groups attached to an aromatic ring is 1. The van der Waals surface area contributed by atoms with E-state index in [1.54, 1.807) is 0 Å². The van der Waals surface area contributed by atoms with Gasteiger partial charge in [0.25, 0.3) is 0 Å². The second-order valence-electron chi connectivity index (χ2n) is 5.14. The standard InChI is InChI=1S/C14H19N5O/c1-2-20-13-11(7-4-8-12(13)15)14-16-17-18-19(14)9-10-5-3-6-10/h4,7-8,10H,2-3,5-6,9,15H2,1H3. The number of nitrogens with zero attached hydrogens (tertiary/aromatic N) is 4. The Bertz CT molecular complexity index is 591. The highest BCUT2D eigenvalue weighted by Crippen LogP contribution is 2.35. The van der Waals surface area contributed by atoms with E-state index in [0.717, 1.165) is 17.9 Å². The van der Waals surface area contributed by atoms with E-state index < -0.39 is 0 Å². The Morgan fingerprint density at radius 2 is 2.25 bits per heavy atom. The molecule has 0 spiro atoms. The number of hydrogen-bond acceptors (Lipinski definition) is 5. The molecule has 1 aromatic heterocycles. The van der Waals surface area contributed by atoms with Crippen molar-refractivity contribution >= 4 is 5.69 Å². The first-order valence-corrected chi connectivity index (χ1v) is 7.07. The van der Waals surface area contributed by atoms with Gasteiger partial charge in [0.05, 0.1) is 17.9 Å². The lowest BCUT2D eigenvalue weighted by Crippen LogP contribution is -2.19. The van der Waals surface area contributed by atoms with Crippen LogP contribution in [0.5, 0.6) is 5.75 Å². The third-order valence-electron chi connectivity index (χ3n) is 3.76. The normalized spacial score (nSPS) is 15.1. The minimum Gasteiger partial charge on any atom is -0.491 e. The van der Waals surface area contributed by atoms with Crippen LogP contribution in [0.15, 0.2) is 18.2 Å². The third kappa shape index (κ3) is 2.33. The molecule has 20 heavy (non-hydrogen) atoms. The zero-order valence-corrected chi connectivity index (χ0v) is 11.6. The number of tetrazole rings is 1. The highest BCUT2D eigenvalue weighted by molar-refractivity contribution is 5.73. The van der Waals surface area contributed by atoms with Crippen LogP contribution in [-0.2, 0) is 6.54 Å². The molecule has 106 valence electrons. The average molecular weight is 273 g/mol. The van der Waals surface area contributed by atoms with E-state index in [4.69, 9.17) is 10.5 Å². The summed E-state index contributed by atoms with van der Waals surface area (Å²) in [6.45, 7) is 3.36. The number of para-hydroxylation sites is 1. The van der Waals surface area contributed by atoms with E-state index in [1.807, 2.05) is 29.8 Å². The van der Waals surface area contributed by atoms with E-state index in [2.05, 4.69) is 15.5 Å². The number of ether oxygens (including phenoxy) is 1. The van der Waals surface area contributed by atoms with E-state index in [0.29, 0.717) is 24.0 Å². The summed E-state index contributed by atoms with van der Waals surface area (Å²) in [6.07, 6.45) is 3.83. The summed E-state index contributed by atoms with van der Waals surface area (Å²) in [5.74, 6) is 2.08. The van der Waals surface area contributed by atoms with Crippen molar-refractivity contribution in [1.82, 2.24) is 20.2 Å². The Balaban J connectivity index is 1.96. The Morgan fingerprint density at radius 1 is 1.40 bits per heavy atom. The van der Waals surface area contributed by atoms with Crippen LogP contribution >= 0.6 is 0 Å². The van der Waals surface area contributed by atoms with Gasteiger partial charge in [0.15, 0.2) is 11.6 Å². The SMILES string of the molecule is CCOc1c(N)cccc1-c1nnnn1CC1CCC1. The molecular weight excluding hydrogens is 254 g/mol. The van der Waals surface area contributed by atoms with Gasteiger partial charge in [-0.1, -0.05) is 12.5 Å². The predicted molar refractivity (Wildman–Crippen MR) is 76.2 cm³/mol. The first kappa shape index (κ1) is 12.9. The van der Waals surface area contributed by atoms with E-state index in [-0.39, 0.29) is 0 Å². The fourth-order valence-electron chi connectivity index (χ4n) is 2.48. The van der Waals surface area contributed by atoms with Gasteiger partial charge in [0.1, 0.15) is 0 Å². The molecule has 6 nitrogen and oxygen atoms in total. The molecule has 3 rings (SSSR count). The molecule has 0 atom stereocenters. The van der Waals surface area contributed by atoms with E-state index >= 15 is 0 Å². The lowest BCUT2D eigenvalue weighted by molar-refractivity contribution is 0.265. The van der Waals surface area contributed by atoms with Crippen LogP contribution in [0.3, 0.4) is 0 Å². The van der Waals surface area contributed by atoms with Gasteiger partial charge < -0.3 is 10.5 Å². The topological polar surface area (TPSA) is 78.8 Å². The van der Waals surface area contributed by atoms with Crippen LogP contribution < -0.4 is 10.5 Å². The Morgan fingerprint density at radius 3 is 2.95 bits per heavy atom. The molecule has 2 aromatic rings. The number of benzene rings is 1. The molecule has 6 heteroatoms. The van der Waals surface area contributed by atoms with Crippen LogP contribution in [0.4, 0.5) is 5.69 Å². The van der Waals surface area contributed by atoms with Crippen molar-refractivity contribution in [3.05, 3.63) is 18.2 Å². The number of aromatic nitrogens is 4. The van der Waals surface area contributed by atoms with Crippen molar-refractivity contribution in [2.75, 3.05) is 12.3 Å². The van der Waals surface area contributed by atoms with Crippen molar-refractivity contribution < 1.29 is 4.74 Å². The molecule has 1 fully saturated rings. The van der Waals surface area contributed by atoms with Gasteiger partial charge in [-0.25, -0.2) is 4.68 Å². The lowest BCUT2D eigenvalue weighted by Gasteiger charge is -2.25. The fourth-order valence-corrected chi connectivity index (χ4v) is 2.48. The monoisotopic (exact) mass is 273 g/mol. The zero-order valence-electron chi connectivity index (χ0n) is 11.6. The zero-order chi connectivity index (χ0) is 13.9. The number of nitrogens with two attached hydrogens (primary N) is 1. The van der Waals surface area contributed by atoms with Gasteiger partial charge in [-0.2, -0.15) is 0 Å². The number of rotatable bonds is 5. The van der Waals surface area contributed by atoms with Crippen molar-refractivity contribution in [2.24, 2.45) is 5.92 Å². The maximum Gasteiger partial charge on any atom is 0.185 e. The van der Waals surface area contributed by atoms with Crippen molar-refractivity contribution in [3.8, 4) is 17.1 Å². The Labute approximate surface area is 117 Å². The van der Waals surface area contributed by atoms with Crippen LogP contribution in [0, 0.1) is 5.92 Å². The number of hydrogen-bond donors (Lipinski definition) is 1. The second kappa shape index (κ2) is 5.48. The van der Waals surface area contributed by atoms with Crippen molar-refractivity contribution in [1.29, 1.82) is 0 Å². The first-order chi connectivity index (χ1) is 9.79. The smallest absolute Gasteiger partial charge is 0.185 e. The molecule has 0 unspecified atom stereocenters. The van der Waals surface area contributed by atoms with E-state index in [9.17, 15) is 0 Å². The first-order valence-electron chi connectivity index (χ1n) is 7.07. The van der Waals surface area contributed by atoms with Crippen molar-refractivity contribution in [2.45, 2.75) is 32.7 Å². The summed E-state index contributed by atoms with van der Waals surface area (Å²) < 4.78 is 7.52. The minimum absolute atomic E-state index is 0.561. The molecule has 0 radical (unpaired) electrons. The molecular formula is C14H19N5O. The summed E-state index contributed by atoms with van der Waals surface area (Å²) >= 11 is 0. The van der Waals surface area contributed by atoms with Crippen LogP contribution in [0.25, 0.3) is 11.4 Å². The van der Waals surface area contributed by atoms with Gasteiger partial charge in [0.2, 0.25) is 0 Å². The Hall–Kier alpha value is -2.11. The maximum absolute atomic E-state index is 6.00. The summed E-state index contributed by atoms with van der Waals surface area (Å²) in [6, 6.07) is 5.68. The molecule has 0 saturated heterocycles. The van der Waals surface area contributed by atoms with Crippen LogP contribution in [0.1, 0.15) is 26.2 Å². The summed E-state index contributed by atoms with van der Waals surface area (Å²) in [4.78, 5) is 0. The highest BCUT2D eigenvalue weighted by Gasteiger charge is 2.22. The fraction of sp³-hybridized carbons (Fsp3) is 0.500. The second-order valence-corrected chi connectivity index (χ2v) is 5.14. The van der Waals surface area contributed by atoms with Crippen LogP contribution in [-0.4, -0.2) is 26.8 Å². The van der Waals surface area contributed by atoms with Crippen molar-refractivity contribution in [3.63, 3.8) is 0 Å². The van der Waals surface area contributed by atoms with Crippen LogP contribution in [0.2, 0.25) is 0 Å². The predicted octanol–water partition coefficient (Wildman–Crippen LogP) is 2.12. The van der Waals surface area contributed by atoms with Gasteiger partial charge in [-0.15, -0.1) is 5.10 Å². The van der Waals surface area contributed by atoms with Gasteiger partial charge in [0, 0.05) is 6.54 Å².